The van der Waals surface area contributed by atoms with Gasteiger partial charge in [0, 0.05) is 26.2 Å². The fourth-order valence-electron chi connectivity index (χ4n) is 3.13. The third kappa shape index (κ3) is 3.82. The third-order valence-corrected chi connectivity index (χ3v) is 4.58. The molecule has 0 saturated carbocycles. The fraction of sp³-hybridized carbons (Fsp3) is 0.500. The predicted molar refractivity (Wildman–Crippen MR) is 94.0 cm³/mol. The van der Waals surface area contributed by atoms with Crippen LogP contribution in [0, 0.1) is 5.92 Å². The standard InChI is InChI=1S/C18H24N4O3/c1-3-25-17(24)14-15(13-7-5-4-6-8-13)19-18(20-16(14)23)22-11-9-21(2)10-12-22/h4-8,14-15H,3,9-12H2,1-2H3,(H,19,20,23)/t14-,15-/m1/s1. The topological polar surface area (TPSA) is 74.2 Å². The molecule has 2 atom stereocenters. The average molecular weight is 344 g/mol. The van der Waals surface area contributed by atoms with Crippen molar-refractivity contribution >= 4 is 17.8 Å². The van der Waals surface area contributed by atoms with Crippen molar-refractivity contribution in [3.63, 3.8) is 0 Å². The molecular weight excluding hydrogens is 320 g/mol. The molecule has 2 aliphatic heterocycles. The zero-order valence-electron chi connectivity index (χ0n) is 14.6. The number of piperazine rings is 1. The number of aliphatic imine (C=N–C) groups is 1. The van der Waals surface area contributed by atoms with Crippen LogP contribution in [0.5, 0.6) is 0 Å². The number of benzene rings is 1. The van der Waals surface area contributed by atoms with Gasteiger partial charge in [0.1, 0.15) is 6.04 Å². The monoisotopic (exact) mass is 344 g/mol. The molecule has 2 aliphatic rings. The second-order valence-electron chi connectivity index (χ2n) is 6.32. The van der Waals surface area contributed by atoms with Gasteiger partial charge in [0.15, 0.2) is 5.92 Å². The quantitative estimate of drug-likeness (QED) is 0.643. The van der Waals surface area contributed by atoms with Crippen LogP contribution in [0.25, 0.3) is 0 Å². The van der Waals surface area contributed by atoms with Crippen molar-refractivity contribution in [2.45, 2.75) is 13.0 Å². The zero-order chi connectivity index (χ0) is 17.8. The van der Waals surface area contributed by atoms with Crippen LogP contribution in [0.4, 0.5) is 0 Å². The Labute approximate surface area is 147 Å². The van der Waals surface area contributed by atoms with Crippen LogP contribution in [-0.2, 0) is 14.3 Å². The summed E-state index contributed by atoms with van der Waals surface area (Å²) in [7, 11) is 2.07. The van der Waals surface area contributed by atoms with E-state index in [0.717, 1.165) is 31.7 Å². The zero-order valence-corrected chi connectivity index (χ0v) is 14.6. The van der Waals surface area contributed by atoms with E-state index in [4.69, 9.17) is 9.73 Å². The Morgan fingerprint density at radius 2 is 1.92 bits per heavy atom. The van der Waals surface area contributed by atoms with Crippen molar-refractivity contribution in [2.75, 3.05) is 39.8 Å². The molecule has 25 heavy (non-hydrogen) atoms. The summed E-state index contributed by atoms with van der Waals surface area (Å²) in [5, 5.41) is 2.81. The van der Waals surface area contributed by atoms with E-state index in [1.54, 1.807) is 6.92 Å². The van der Waals surface area contributed by atoms with Crippen LogP contribution in [0.15, 0.2) is 35.3 Å². The molecule has 0 unspecified atom stereocenters. The molecule has 3 rings (SSSR count). The van der Waals surface area contributed by atoms with Crippen molar-refractivity contribution in [3.8, 4) is 0 Å². The summed E-state index contributed by atoms with van der Waals surface area (Å²) in [6, 6.07) is 8.88. The first-order valence-corrected chi connectivity index (χ1v) is 8.64. The van der Waals surface area contributed by atoms with Gasteiger partial charge < -0.3 is 14.5 Å². The molecule has 2 heterocycles. The number of hydrogen-bond donors (Lipinski definition) is 1. The molecule has 1 N–H and O–H groups in total. The second kappa shape index (κ2) is 7.65. The molecule has 7 nitrogen and oxygen atoms in total. The van der Waals surface area contributed by atoms with Crippen LogP contribution in [-0.4, -0.2) is 67.5 Å². The summed E-state index contributed by atoms with van der Waals surface area (Å²) in [4.78, 5) is 34.1. The molecule has 1 saturated heterocycles. The number of hydrogen-bond acceptors (Lipinski definition) is 6. The Hall–Kier alpha value is -2.41. The first-order chi connectivity index (χ1) is 12.1. The first-order valence-electron chi connectivity index (χ1n) is 8.64. The second-order valence-corrected chi connectivity index (χ2v) is 6.32. The Morgan fingerprint density at radius 1 is 1.24 bits per heavy atom. The van der Waals surface area contributed by atoms with E-state index in [1.807, 2.05) is 30.3 Å². The molecule has 1 aromatic rings. The van der Waals surface area contributed by atoms with Gasteiger partial charge in [0.05, 0.1) is 6.61 Å². The third-order valence-electron chi connectivity index (χ3n) is 4.58. The lowest BCUT2D eigenvalue weighted by molar-refractivity contribution is -0.153. The lowest BCUT2D eigenvalue weighted by Crippen LogP contribution is -2.56. The van der Waals surface area contributed by atoms with Gasteiger partial charge in [-0.1, -0.05) is 30.3 Å². The summed E-state index contributed by atoms with van der Waals surface area (Å²) >= 11 is 0. The summed E-state index contributed by atoms with van der Waals surface area (Å²) in [5.74, 6) is -1.29. The average Bonchev–Trinajstić information content (AvgIpc) is 2.62. The number of guanidine groups is 1. The highest BCUT2D eigenvalue weighted by Crippen LogP contribution is 2.30. The van der Waals surface area contributed by atoms with Crippen molar-refractivity contribution in [2.24, 2.45) is 10.9 Å². The molecular formula is C18H24N4O3. The number of ether oxygens (including phenoxy) is 1. The minimum absolute atomic E-state index is 0.235. The molecule has 1 aromatic carbocycles. The number of rotatable bonds is 3. The lowest BCUT2D eigenvalue weighted by atomic mass is 9.91. The highest BCUT2D eigenvalue weighted by molar-refractivity contribution is 6.08. The van der Waals surface area contributed by atoms with E-state index in [1.165, 1.54) is 0 Å². The van der Waals surface area contributed by atoms with Crippen molar-refractivity contribution in [3.05, 3.63) is 35.9 Å². The van der Waals surface area contributed by atoms with E-state index in [9.17, 15) is 9.59 Å². The van der Waals surface area contributed by atoms with Gasteiger partial charge in [0.25, 0.3) is 0 Å². The fourth-order valence-corrected chi connectivity index (χ4v) is 3.13. The maximum Gasteiger partial charge on any atom is 0.321 e. The Kier molecular flexibility index (Phi) is 5.33. The molecule has 7 heteroatoms. The van der Waals surface area contributed by atoms with Crippen molar-refractivity contribution in [1.82, 2.24) is 15.1 Å². The number of esters is 1. The summed E-state index contributed by atoms with van der Waals surface area (Å²) in [6.07, 6.45) is 0. The van der Waals surface area contributed by atoms with Gasteiger partial charge in [-0.2, -0.15) is 0 Å². The van der Waals surface area contributed by atoms with Crippen molar-refractivity contribution < 1.29 is 14.3 Å². The van der Waals surface area contributed by atoms with E-state index >= 15 is 0 Å². The van der Waals surface area contributed by atoms with Gasteiger partial charge in [-0.15, -0.1) is 0 Å². The summed E-state index contributed by atoms with van der Waals surface area (Å²) in [6.45, 7) is 5.37. The van der Waals surface area contributed by atoms with Gasteiger partial charge >= 0.3 is 5.97 Å². The molecule has 1 amide bonds. The van der Waals surface area contributed by atoms with Crippen LogP contribution in [0.3, 0.4) is 0 Å². The van der Waals surface area contributed by atoms with Crippen molar-refractivity contribution in [1.29, 1.82) is 0 Å². The van der Waals surface area contributed by atoms with Gasteiger partial charge in [0.2, 0.25) is 11.9 Å². The molecule has 0 spiro atoms. The smallest absolute Gasteiger partial charge is 0.321 e. The minimum atomic E-state index is -0.960. The van der Waals surface area contributed by atoms with E-state index in [2.05, 4.69) is 22.2 Å². The molecule has 1 fully saturated rings. The minimum Gasteiger partial charge on any atom is -0.465 e. The predicted octanol–water partition coefficient (Wildman–Crippen LogP) is 0.640. The van der Waals surface area contributed by atoms with Crippen LogP contribution >= 0.6 is 0 Å². The number of carbonyl (C=O) groups is 2. The normalized spacial score (nSPS) is 24.5. The van der Waals surface area contributed by atoms with Crippen LogP contribution in [0.2, 0.25) is 0 Å². The maximum atomic E-state index is 12.7. The number of carbonyl (C=O) groups excluding carboxylic acids is 2. The van der Waals surface area contributed by atoms with Gasteiger partial charge in [-0.3, -0.25) is 14.9 Å². The molecule has 0 radical (unpaired) electrons. The molecule has 0 aliphatic carbocycles. The number of nitrogens with zero attached hydrogens (tertiary/aromatic N) is 3. The molecule has 0 aromatic heterocycles. The Balaban J connectivity index is 1.91. The number of nitrogens with one attached hydrogen (secondary N) is 1. The first kappa shape index (κ1) is 17.4. The Bertz CT molecular complexity index is 654. The molecule has 134 valence electrons. The highest BCUT2D eigenvalue weighted by Gasteiger charge is 2.42. The Morgan fingerprint density at radius 3 is 2.56 bits per heavy atom. The summed E-state index contributed by atoms with van der Waals surface area (Å²) in [5.41, 5.74) is 0.835. The maximum absolute atomic E-state index is 12.7. The van der Waals surface area contributed by atoms with E-state index < -0.39 is 17.9 Å². The number of likely N-dealkylation sites (N-methyl/N-ethyl adjacent to an activating group) is 1. The molecule has 0 bridgehead atoms. The SMILES string of the molecule is CCOC(=O)[C@H]1C(=O)NC(N2CCN(C)CC2)=N[C@@H]1c1ccccc1. The van der Waals surface area contributed by atoms with Crippen LogP contribution in [0.1, 0.15) is 18.5 Å². The lowest BCUT2D eigenvalue weighted by Gasteiger charge is -2.37. The van der Waals surface area contributed by atoms with Gasteiger partial charge in [-0.05, 0) is 19.5 Å². The van der Waals surface area contributed by atoms with E-state index in [-0.39, 0.29) is 12.5 Å². The summed E-state index contributed by atoms with van der Waals surface area (Å²) < 4.78 is 5.11. The van der Waals surface area contributed by atoms with Gasteiger partial charge in [-0.25, -0.2) is 4.99 Å². The highest BCUT2D eigenvalue weighted by atomic mass is 16.5. The van der Waals surface area contributed by atoms with E-state index in [0.29, 0.717) is 5.96 Å². The number of amides is 1. The largest absolute Gasteiger partial charge is 0.465 e. The van der Waals surface area contributed by atoms with Crippen LogP contribution < -0.4 is 5.32 Å².